The van der Waals surface area contributed by atoms with Gasteiger partial charge in [0.1, 0.15) is 5.82 Å². The molecule has 116 valence electrons. The van der Waals surface area contributed by atoms with Gasteiger partial charge in [0.05, 0.1) is 24.4 Å². The lowest BCUT2D eigenvalue weighted by Gasteiger charge is -2.11. The molecular weight excluding hydrogens is 276 g/mol. The van der Waals surface area contributed by atoms with Gasteiger partial charge in [0.25, 0.3) is 0 Å². The Kier molecular flexibility index (Phi) is 4.09. The van der Waals surface area contributed by atoms with Crippen LogP contribution in [0.25, 0.3) is 11.3 Å². The Balaban J connectivity index is 1.65. The Hall–Kier alpha value is -2.37. The summed E-state index contributed by atoms with van der Waals surface area (Å²) in [6, 6.07) is 0. The smallest absolute Gasteiger partial charge is 0.111 e. The molecule has 0 saturated heterocycles. The van der Waals surface area contributed by atoms with Crippen molar-refractivity contribution in [2.45, 2.75) is 39.3 Å². The summed E-state index contributed by atoms with van der Waals surface area (Å²) in [7, 11) is 1.93. The highest BCUT2D eigenvalue weighted by molar-refractivity contribution is 5.56. The highest BCUT2D eigenvalue weighted by Crippen LogP contribution is 2.18. The van der Waals surface area contributed by atoms with Crippen LogP contribution >= 0.6 is 0 Å². The zero-order valence-electron chi connectivity index (χ0n) is 13.3. The predicted octanol–water partition coefficient (Wildman–Crippen LogP) is 2.69. The molecule has 3 aromatic rings. The lowest BCUT2D eigenvalue weighted by Crippen LogP contribution is -2.08. The van der Waals surface area contributed by atoms with Crippen LogP contribution in [-0.4, -0.2) is 28.9 Å². The largest absolute Gasteiger partial charge is 0.335 e. The number of hydrogen-bond acceptors (Lipinski definition) is 3. The second kappa shape index (κ2) is 6.17. The molecule has 0 bridgehead atoms. The third kappa shape index (κ3) is 2.95. The SMILES string of the molecule is CC(C)c1nccn1CCCn1cncc1-c1cnn(C)c1. The van der Waals surface area contributed by atoms with E-state index in [1.165, 1.54) is 0 Å². The number of nitrogens with zero attached hydrogens (tertiary/aromatic N) is 6. The fourth-order valence-corrected chi connectivity index (χ4v) is 2.71. The Labute approximate surface area is 130 Å². The second-order valence-corrected chi connectivity index (χ2v) is 5.86. The summed E-state index contributed by atoms with van der Waals surface area (Å²) >= 11 is 0. The Bertz CT molecular complexity index is 733. The second-order valence-electron chi connectivity index (χ2n) is 5.86. The van der Waals surface area contributed by atoms with Crippen molar-refractivity contribution in [3.8, 4) is 11.3 Å². The van der Waals surface area contributed by atoms with Crippen LogP contribution in [-0.2, 0) is 20.1 Å². The molecular formula is C16H22N6. The van der Waals surface area contributed by atoms with E-state index in [2.05, 4.69) is 44.2 Å². The van der Waals surface area contributed by atoms with Crippen molar-refractivity contribution in [3.05, 3.63) is 43.1 Å². The van der Waals surface area contributed by atoms with E-state index in [-0.39, 0.29) is 0 Å². The first-order valence-electron chi connectivity index (χ1n) is 7.65. The van der Waals surface area contributed by atoms with E-state index in [9.17, 15) is 0 Å². The number of hydrogen-bond donors (Lipinski definition) is 0. The van der Waals surface area contributed by atoms with Gasteiger partial charge in [0.2, 0.25) is 0 Å². The third-order valence-electron chi connectivity index (χ3n) is 3.78. The van der Waals surface area contributed by atoms with Gasteiger partial charge < -0.3 is 9.13 Å². The molecule has 0 aromatic carbocycles. The highest BCUT2D eigenvalue weighted by atomic mass is 15.2. The molecule has 0 amide bonds. The third-order valence-corrected chi connectivity index (χ3v) is 3.78. The van der Waals surface area contributed by atoms with E-state index in [0.717, 1.165) is 36.6 Å². The molecule has 0 fully saturated rings. The van der Waals surface area contributed by atoms with Gasteiger partial charge >= 0.3 is 0 Å². The van der Waals surface area contributed by atoms with E-state index < -0.39 is 0 Å². The Morgan fingerprint density at radius 1 is 1.14 bits per heavy atom. The van der Waals surface area contributed by atoms with E-state index >= 15 is 0 Å². The van der Waals surface area contributed by atoms with Gasteiger partial charge in [-0.1, -0.05) is 13.8 Å². The van der Waals surface area contributed by atoms with Crippen LogP contribution in [0.5, 0.6) is 0 Å². The Morgan fingerprint density at radius 2 is 1.95 bits per heavy atom. The molecule has 0 aliphatic rings. The average molecular weight is 298 g/mol. The maximum Gasteiger partial charge on any atom is 0.111 e. The molecule has 3 heterocycles. The molecule has 0 radical (unpaired) electrons. The maximum atomic E-state index is 4.43. The standard InChI is InChI=1S/C16H22N6/c1-13(2)16-18-5-8-21(16)6-4-7-22-12-17-10-15(22)14-9-19-20(3)11-14/h5,8-13H,4,6-7H2,1-3H3. The molecule has 3 aromatic heterocycles. The lowest BCUT2D eigenvalue weighted by molar-refractivity contribution is 0.540. The van der Waals surface area contributed by atoms with Crippen molar-refractivity contribution in [1.82, 2.24) is 28.9 Å². The zero-order chi connectivity index (χ0) is 15.5. The summed E-state index contributed by atoms with van der Waals surface area (Å²) in [4.78, 5) is 8.71. The maximum absolute atomic E-state index is 4.43. The molecule has 0 saturated carbocycles. The summed E-state index contributed by atoms with van der Waals surface area (Å²) in [5.41, 5.74) is 2.22. The molecule has 0 unspecified atom stereocenters. The lowest BCUT2D eigenvalue weighted by atomic mass is 10.2. The van der Waals surface area contributed by atoms with Crippen LogP contribution in [0.3, 0.4) is 0 Å². The summed E-state index contributed by atoms with van der Waals surface area (Å²) in [5, 5.41) is 4.23. The number of aryl methyl sites for hydroxylation is 3. The molecule has 0 atom stereocenters. The van der Waals surface area contributed by atoms with Gasteiger partial charge in [-0.25, -0.2) is 9.97 Å². The van der Waals surface area contributed by atoms with Crippen molar-refractivity contribution < 1.29 is 0 Å². The van der Waals surface area contributed by atoms with Crippen molar-refractivity contribution in [1.29, 1.82) is 0 Å². The van der Waals surface area contributed by atoms with Crippen molar-refractivity contribution >= 4 is 0 Å². The first-order chi connectivity index (χ1) is 10.6. The zero-order valence-corrected chi connectivity index (χ0v) is 13.3. The fraction of sp³-hybridized carbons (Fsp3) is 0.438. The molecule has 0 N–H and O–H groups in total. The summed E-state index contributed by atoms with van der Waals surface area (Å²) in [6.07, 6.45) is 12.7. The van der Waals surface area contributed by atoms with Crippen LogP contribution in [0.15, 0.2) is 37.3 Å². The molecule has 0 aliphatic carbocycles. The fourth-order valence-electron chi connectivity index (χ4n) is 2.71. The van der Waals surface area contributed by atoms with Gasteiger partial charge in [0.15, 0.2) is 0 Å². The average Bonchev–Trinajstić information content (AvgIpc) is 3.18. The molecule has 6 nitrogen and oxygen atoms in total. The van der Waals surface area contributed by atoms with E-state index in [4.69, 9.17) is 0 Å². The normalized spacial score (nSPS) is 11.5. The molecule has 22 heavy (non-hydrogen) atoms. The minimum atomic E-state index is 0.453. The van der Waals surface area contributed by atoms with Crippen molar-refractivity contribution in [3.63, 3.8) is 0 Å². The van der Waals surface area contributed by atoms with Gasteiger partial charge in [-0.2, -0.15) is 5.10 Å². The monoisotopic (exact) mass is 298 g/mol. The van der Waals surface area contributed by atoms with Crippen LogP contribution in [0.1, 0.15) is 32.0 Å². The number of imidazole rings is 2. The van der Waals surface area contributed by atoms with Gasteiger partial charge in [-0.05, 0) is 6.42 Å². The van der Waals surface area contributed by atoms with Crippen LogP contribution in [0, 0.1) is 0 Å². The van der Waals surface area contributed by atoms with Crippen molar-refractivity contribution in [2.24, 2.45) is 7.05 Å². The van der Waals surface area contributed by atoms with E-state index in [1.807, 2.05) is 42.8 Å². The van der Waals surface area contributed by atoms with E-state index in [0.29, 0.717) is 5.92 Å². The minimum absolute atomic E-state index is 0.453. The minimum Gasteiger partial charge on any atom is -0.335 e. The molecule has 6 heteroatoms. The van der Waals surface area contributed by atoms with Crippen LogP contribution in [0.2, 0.25) is 0 Å². The number of rotatable bonds is 6. The number of aromatic nitrogens is 6. The molecule has 3 rings (SSSR count). The molecule has 0 aliphatic heterocycles. The quantitative estimate of drug-likeness (QED) is 0.703. The van der Waals surface area contributed by atoms with Crippen LogP contribution < -0.4 is 0 Å². The summed E-state index contributed by atoms with van der Waals surface area (Å²) < 4.78 is 6.24. The molecule has 0 spiro atoms. The van der Waals surface area contributed by atoms with Gasteiger partial charge in [-0.3, -0.25) is 4.68 Å². The van der Waals surface area contributed by atoms with Gasteiger partial charge in [0, 0.05) is 50.2 Å². The predicted molar refractivity (Wildman–Crippen MR) is 85.4 cm³/mol. The van der Waals surface area contributed by atoms with Crippen molar-refractivity contribution in [2.75, 3.05) is 0 Å². The summed E-state index contributed by atoms with van der Waals surface area (Å²) in [5.74, 6) is 1.60. The van der Waals surface area contributed by atoms with E-state index in [1.54, 1.807) is 0 Å². The highest BCUT2D eigenvalue weighted by Gasteiger charge is 2.09. The van der Waals surface area contributed by atoms with Crippen LogP contribution in [0.4, 0.5) is 0 Å². The first-order valence-corrected chi connectivity index (χ1v) is 7.65. The topological polar surface area (TPSA) is 53.5 Å². The first kappa shape index (κ1) is 14.6. The summed E-state index contributed by atoms with van der Waals surface area (Å²) in [6.45, 7) is 6.25. The van der Waals surface area contributed by atoms with Gasteiger partial charge in [-0.15, -0.1) is 0 Å². The Morgan fingerprint density at radius 3 is 2.68 bits per heavy atom.